The SMILES string of the molecule is CC/C=C\C/C=C\C/C=C\C/C=C\CCCCCCC(=O)O[C@H](COC(=O)CCC/C=C/C/C=C\C[C@H](O)/C=C\C=C/CCCCC)COP(=O)([O-])OCC[N+](C)(C)C. The van der Waals surface area contributed by atoms with Gasteiger partial charge in [0.1, 0.15) is 19.8 Å². The molecule has 59 heavy (non-hydrogen) atoms. The van der Waals surface area contributed by atoms with Gasteiger partial charge < -0.3 is 33.0 Å². The van der Waals surface area contributed by atoms with Crippen molar-refractivity contribution in [1.82, 2.24) is 0 Å². The fourth-order valence-electron chi connectivity index (χ4n) is 5.19. The molecule has 0 aromatic heterocycles. The molecule has 0 radical (unpaired) electrons. The Hall–Kier alpha value is -3.11. The molecule has 1 unspecified atom stereocenters. The number of allylic oxidation sites excluding steroid dienone is 14. The largest absolute Gasteiger partial charge is 0.756 e. The summed E-state index contributed by atoms with van der Waals surface area (Å²) in [6.45, 7) is 3.87. The van der Waals surface area contributed by atoms with Gasteiger partial charge in [-0.1, -0.05) is 137 Å². The molecule has 0 bridgehead atoms. The molecule has 0 fully saturated rings. The van der Waals surface area contributed by atoms with Gasteiger partial charge in [-0.25, -0.2) is 0 Å². The number of esters is 2. The molecule has 0 amide bonds. The van der Waals surface area contributed by atoms with E-state index in [1.807, 2.05) is 57.6 Å². The summed E-state index contributed by atoms with van der Waals surface area (Å²) < 4.78 is 33.8. The lowest BCUT2D eigenvalue weighted by atomic mass is 10.1. The van der Waals surface area contributed by atoms with E-state index in [1.165, 1.54) is 19.3 Å². The van der Waals surface area contributed by atoms with Crippen LogP contribution in [-0.2, 0) is 32.7 Å². The highest BCUT2D eigenvalue weighted by Crippen LogP contribution is 2.38. The van der Waals surface area contributed by atoms with E-state index in [1.54, 1.807) is 6.08 Å². The minimum atomic E-state index is -4.67. The number of phosphoric acid groups is 1. The van der Waals surface area contributed by atoms with E-state index in [9.17, 15) is 24.2 Å². The van der Waals surface area contributed by atoms with Crippen LogP contribution in [0.15, 0.2) is 97.2 Å². The normalized spacial score (nSPS) is 15.0. The zero-order valence-corrected chi connectivity index (χ0v) is 38.2. The Labute approximate surface area is 358 Å². The number of nitrogens with zero attached hydrogens (tertiary/aromatic N) is 1. The lowest BCUT2D eigenvalue weighted by Crippen LogP contribution is -2.37. The molecule has 10 nitrogen and oxygen atoms in total. The third-order valence-corrected chi connectivity index (χ3v) is 9.63. The van der Waals surface area contributed by atoms with Gasteiger partial charge in [0.15, 0.2) is 6.10 Å². The standard InChI is InChI=1S/C48H80NO9P/c1-6-8-10-12-14-15-16-17-18-19-20-21-22-23-27-32-36-40-48(52)58-46(44-57-59(53,54)56-42-41-49(3,4)5)43-55-47(51)39-35-31-28-24-26-30-34-38-45(50)37-33-29-25-13-11-9-7-2/h8,10,14-15,17-18,20-21,24-25,28-30,33-34,37,45-46,50H,6-7,9,11-13,16,19,22-23,26-27,31-32,35-36,38-44H2,1-5H3/b10-8-,15-14-,18-17-,21-20-,28-24+,29-25-,34-30-,37-33-/t45-,46-/m1/s1. The fourth-order valence-corrected chi connectivity index (χ4v) is 5.92. The monoisotopic (exact) mass is 846 g/mol. The molecule has 0 aromatic carbocycles. The third kappa shape index (κ3) is 42.8. The van der Waals surface area contributed by atoms with E-state index in [0.29, 0.717) is 36.7 Å². The van der Waals surface area contributed by atoms with Crippen molar-refractivity contribution in [2.75, 3.05) is 47.5 Å². The van der Waals surface area contributed by atoms with Gasteiger partial charge in [0.05, 0.1) is 33.9 Å². The van der Waals surface area contributed by atoms with Crippen molar-refractivity contribution < 1.29 is 47.2 Å². The molecular formula is C48H80NO9P. The number of carbonyl (C=O) groups is 2. The molecule has 336 valence electrons. The van der Waals surface area contributed by atoms with Crippen molar-refractivity contribution in [3.63, 3.8) is 0 Å². The number of unbranched alkanes of at least 4 members (excludes halogenated alkanes) is 8. The minimum absolute atomic E-state index is 0.0607. The van der Waals surface area contributed by atoms with Crippen LogP contribution in [0.1, 0.15) is 136 Å². The summed E-state index contributed by atoms with van der Waals surface area (Å²) in [5.74, 6) is -0.981. The van der Waals surface area contributed by atoms with E-state index >= 15 is 0 Å². The van der Waals surface area contributed by atoms with Crippen LogP contribution in [0.5, 0.6) is 0 Å². The van der Waals surface area contributed by atoms with Crippen molar-refractivity contribution in [3.8, 4) is 0 Å². The van der Waals surface area contributed by atoms with Gasteiger partial charge in [0.25, 0.3) is 7.82 Å². The minimum Gasteiger partial charge on any atom is -0.756 e. The highest BCUT2D eigenvalue weighted by Gasteiger charge is 2.21. The van der Waals surface area contributed by atoms with E-state index < -0.39 is 38.6 Å². The number of phosphoric ester groups is 1. The van der Waals surface area contributed by atoms with Crippen LogP contribution >= 0.6 is 7.82 Å². The zero-order chi connectivity index (χ0) is 43.7. The molecule has 0 aliphatic heterocycles. The number of quaternary nitrogens is 1. The predicted molar refractivity (Wildman–Crippen MR) is 241 cm³/mol. The quantitative estimate of drug-likeness (QED) is 0.0161. The first-order chi connectivity index (χ1) is 28.4. The topological polar surface area (TPSA) is 131 Å². The van der Waals surface area contributed by atoms with Gasteiger partial charge in [0.2, 0.25) is 0 Å². The summed E-state index contributed by atoms with van der Waals surface area (Å²) >= 11 is 0. The first kappa shape index (κ1) is 55.9. The highest BCUT2D eigenvalue weighted by atomic mass is 31.2. The summed E-state index contributed by atoms with van der Waals surface area (Å²) in [7, 11) is 1.06. The summed E-state index contributed by atoms with van der Waals surface area (Å²) in [6.07, 6.45) is 47.5. The zero-order valence-electron chi connectivity index (χ0n) is 37.3. The number of carbonyl (C=O) groups excluding carboxylic acids is 2. The van der Waals surface area contributed by atoms with Crippen LogP contribution in [0.4, 0.5) is 0 Å². The van der Waals surface area contributed by atoms with Gasteiger partial charge in [-0.3, -0.25) is 14.2 Å². The Bertz CT molecular complexity index is 1340. The molecule has 0 spiro atoms. The number of hydrogen-bond donors (Lipinski definition) is 1. The van der Waals surface area contributed by atoms with E-state index in [4.69, 9.17) is 18.5 Å². The maximum absolute atomic E-state index is 12.7. The molecule has 3 atom stereocenters. The number of rotatable bonds is 38. The van der Waals surface area contributed by atoms with Crippen molar-refractivity contribution in [3.05, 3.63) is 97.2 Å². The summed E-state index contributed by atoms with van der Waals surface area (Å²) in [4.78, 5) is 37.5. The van der Waals surface area contributed by atoms with Gasteiger partial charge in [-0.05, 0) is 83.5 Å². The molecule has 11 heteroatoms. The molecule has 0 heterocycles. The maximum atomic E-state index is 12.7. The van der Waals surface area contributed by atoms with Crippen LogP contribution in [0.25, 0.3) is 0 Å². The van der Waals surface area contributed by atoms with Gasteiger partial charge in [-0.15, -0.1) is 0 Å². The van der Waals surface area contributed by atoms with Gasteiger partial charge >= 0.3 is 11.9 Å². The van der Waals surface area contributed by atoms with Crippen LogP contribution in [0.2, 0.25) is 0 Å². The maximum Gasteiger partial charge on any atom is 0.306 e. The third-order valence-electron chi connectivity index (χ3n) is 8.67. The van der Waals surface area contributed by atoms with Crippen LogP contribution in [-0.4, -0.2) is 81.2 Å². The summed E-state index contributed by atoms with van der Waals surface area (Å²) in [5.41, 5.74) is 0. The average Bonchev–Trinajstić information content (AvgIpc) is 3.18. The van der Waals surface area contributed by atoms with Crippen molar-refractivity contribution in [2.45, 2.75) is 148 Å². The molecule has 0 aromatic rings. The van der Waals surface area contributed by atoms with E-state index in [2.05, 4.69) is 68.5 Å². The number of ether oxygens (including phenoxy) is 2. The Kier molecular flexibility index (Phi) is 37.0. The highest BCUT2D eigenvalue weighted by molar-refractivity contribution is 7.45. The number of aliphatic hydroxyl groups excluding tert-OH is 1. The van der Waals surface area contributed by atoms with Gasteiger partial charge in [-0.2, -0.15) is 0 Å². The second-order valence-corrected chi connectivity index (χ2v) is 16.9. The molecular weight excluding hydrogens is 766 g/mol. The first-order valence-electron chi connectivity index (χ1n) is 22.1. The number of likely N-dealkylation sites (N-methyl/N-ethyl adjacent to an activating group) is 1. The Balaban J connectivity index is 4.58. The predicted octanol–water partition coefficient (Wildman–Crippen LogP) is 10.9. The van der Waals surface area contributed by atoms with Crippen molar-refractivity contribution in [1.29, 1.82) is 0 Å². The Morgan fingerprint density at radius 3 is 1.85 bits per heavy atom. The first-order valence-corrected chi connectivity index (χ1v) is 23.5. The molecule has 0 aliphatic carbocycles. The van der Waals surface area contributed by atoms with Crippen LogP contribution < -0.4 is 4.89 Å². The van der Waals surface area contributed by atoms with Crippen molar-refractivity contribution >= 4 is 19.8 Å². The van der Waals surface area contributed by atoms with Gasteiger partial charge in [0, 0.05) is 12.8 Å². The van der Waals surface area contributed by atoms with Crippen LogP contribution in [0.3, 0.4) is 0 Å². The lowest BCUT2D eigenvalue weighted by molar-refractivity contribution is -0.870. The number of aliphatic hydroxyl groups is 1. The van der Waals surface area contributed by atoms with Crippen LogP contribution in [0, 0.1) is 0 Å². The smallest absolute Gasteiger partial charge is 0.306 e. The lowest BCUT2D eigenvalue weighted by Gasteiger charge is -2.28. The Morgan fingerprint density at radius 2 is 1.20 bits per heavy atom. The summed E-state index contributed by atoms with van der Waals surface area (Å²) in [5, 5.41) is 10.1. The van der Waals surface area contributed by atoms with Crippen molar-refractivity contribution in [2.24, 2.45) is 0 Å². The summed E-state index contributed by atoms with van der Waals surface area (Å²) in [6, 6.07) is 0. The van der Waals surface area contributed by atoms with E-state index in [0.717, 1.165) is 64.2 Å². The average molecular weight is 846 g/mol. The number of hydrogen-bond acceptors (Lipinski definition) is 9. The second-order valence-electron chi connectivity index (χ2n) is 15.5. The molecule has 0 aliphatic rings. The van der Waals surface area contributed by atoms with E-state index in [-0.39, 0.29) is 26.1 Å². The Morgan fingerprint density at radius 1 is 0.644 bits per heavy atom. The molecule has 1 N–H and O–H groups in total. The fraction of sp³-hybridized carbons (Fsp3) is 0.625. The molecule has 0 saturated carbocycles. The molecule has 0 rings (SSSR count). The second kappa shape index (κ2) is 39.1. The molecule has 0 saturated heterocycles.